The molecule has 0 atom stereocenters. The highest BCUT2D eigenvalue weighted by atomic mass is 32.1. The second kappa shape index (κ2) is 5.09. The summed E-state index contributed by atoms with van der Waals surface area (Å²) < 4.78 is 1.69. The van der Waals surface area contributed by atoms with E-state index in [0.29, 0.717) is 10.2 Å². The average molecular weight is 273 g/mol. The Bertz CT molecular complexity index is 749. The second-order valence-corrected chi connectivity index (χ2v) is 5.21. The number of hydrogen-bond donors (Lipinski definition) is 1. The van der Waals surface area contributed by atoms with Crippen molar-refractivity contribution in [2.24, 2.45) is 5.10 Å². The van der Waals surface area contributed by atoms with E-state index in [-0.39, 0.29) is 5.56 Å². The molecule has 1 saturated carbocycles. The van der Waals surface area contributed by atoms with Crippen molar-refractivity contribution in [3.05, 3.63) is 39.4 Å². The van der Waals surface area contributed by atoms with E-state index in [1.54, 1.807) is 6.07 Å². The van der Waals surface area contributed by atoms with Gasteiger partial charge in [-0.3, -0.25) is 4.79 Å². The van der Waals surface area contributed by atoms with Crippen LogP contribution in [0.15, 0.2) is 34.2 Å². The number of fused-ring (bicyclic) bond motifs is 1. The summed E-state index contributed by atoms with van der Waals surface area (Å²) in [5.41, 5.74) is 1.69. The molecule has 0 amide bonds. The first kappa shape index (κ1) is 12.3. The van der Waals surface area contributed by atoms with Gasteiger partial charge in [0.2, 0.25) is 4.77 Å². The lowest BCUT2D eigenvalue weighted by molar-refractivity contribution is 0.652. The third-order valence-corrected chi connectivity index (χ3v) is 3.73. The molecule has 1 heterocycles. The molecular formula is C14H15N3OS. The van der Waals surface area contributed by atoms with E-state index >= 15 is 0 Å². The van der Waals surface area contributed by atoms with Gasteiger partial charge in [0.05, 0.1) is 10.9 Å². The first-order valence-electron chi connectivity index (χ1n) is 6.56. The molecule has 0 saturated heterocycles. The molecule has 98 valence electrons. The van der Waals surface area contributed by atoms with Gasteiger partial charge in [0.25, 0.3) is 5.56 Å². The summed E-state index contributed by atoms with van der Waals surface area (Å²) in [5.74, 6) is 0. The maximum absolute atomic E-state index is 12.4. The number of rotatable bonds is 1. The van der Waals surface area contributed by atoms with E-state index in [2.05, 4.69) is 10.1 Å². The smallest absolute Gasteiger partial charge is 0.282 e. The molecule has 1 aromatic heterocycles. The highest BCUT2D eigenvalue weighted by Crippen LogP contribution is 2.15. The molecule has 5 heteroatoms. The summed E-state index contributed by atoms with van der Waals surface area (Å²) in [6.45, 7) is 0. The van der Waals surface area contributed by atoms with E-state index < -0.39 is 0 Å². The zero-order chi connectivity index (χ0) is 13.2. The van der Waals surface area contributed by atoms with Crippen LogP contribution < -0.4 is 5.56 Å². The van der Waals surface area contributed by atoms with Crippen LogP contribution in [-0.2, 0) is 0 Å². The number of aromatic nitrogens is 2. The molecule has 0 unspecified atom stereocenters. The van der Waals surface area contributed by atoms with E-state index in [0.717, 1.165) is 36.9 Å². The fourth-order valence-corrected chi connectivity index (χ4v) is 2.68. The van der Waals surface area contributed by atoms with E-state index in [4.69, 9.17) is 12.2 Å². The van der Waals surface area contributed by atoms with Gasteiger partial charge in [0.15, 0.2) is 0 Å². The van der Waals surface area contributed by atoms with Crippen LogP contribution in [-0.4, -0.2) is 15.4 Å². The van der Waals surface area contributed by atoms with Crippen molar-refractivity contribution in [2.75, 3.05) is 0 Å². The van der Waals surface area contributed by atoms with Crippen LogP contribution in [0, 0.1) is 4.77 Å². The van der Waals surface area contributed by atoms with Crippen molar-refractivity contribution in [3.63, 3.8) is 0 Å². The van der Waals surface area contributed by atoms with Crippen molar-refractivity contribution < 1.29 is 0 Å². The Morgan fingerprint density at radius 2 is 1.89 bits per heavy atom. The van der Waals surface area contributed by atoms with Crippen molar-refractivity contribution in [3.8, 4) is 0 Å². The molecule has 19 heavy (non-hydrogen) atoms. The Morgan fingerprint density at radius 1 is 1.16 bits per heavy atom. The van der Waals surface area contributed by atoms with Gasteiger partial charge >= 0.3 is 0 Å². The predicted molar refractivity (Wildman–Crippen MR) is 79.3 cm³/mol. The van der Waals surface area contributed by atoms with E-state index in [9.17, 15) is 4.79 Å². The van der Waals surface area contributed by atoms with Gasteiger partial charge in [-0.15, -0.1) is 0 Å². The second-order valence-electron chi connectivity index (χ2n) is 4.82. The van der Waals surface area contributed by atoms with Gasteiger partial charge in [0.1, 0.15) is 0 Å². The van der Waals surface area contributed by atoms with Crippen molar-refractivity contribution in [2.45, 2.75) is 32.1 Å². The molecule has 4 nitrogen and oxygen atoms in total. The fraction of sp³-hybridized carbons (Fsp3) is 0.357. The number of hydrogen-bond acceptors (Lipinski definition) is 3. The summed E-state index contributed by atoms with van der Waals surface area (Å²) in [6.07, 6.45) is 5.48. The molecule has 1 aliphatic carbocycles. The minimum absolute atomic E-state index is 0.141. The van der Waals surface area contributed by atoms with Gasteiger partial charge < -0.3 is 4.98 Å². The lowest BCUT2D eigenvalue weighted by Crippen LogP contribution is -2.21. The lowest BCUT2D eigenvalue weighted by atomic mass is 9.99. The van der Waals surface area contributed by atoms with Crippen LogP contribution >= 0.6 is 12.2 Å². The predicted octanol–water partition coefficient (Wildman–Crippen LogP) is 3.23. The maximum atomic E-state index is 12.4. The highest BCUT2D eigenvalue weighted by Gasteiger charge is 2.09. The van der Waals surface area contributed by atoms with Crippen molar-refractivity contribution >= 4 is 28.8 Å². The number of H-pyrrole nitrogens is 1. The first-order valence-corrected chi connectivity index (χ1v) is 6.97. The molecule has 1 aromatic carbocycles. The molecule has 1 N–H and O–H groups in total. The minimum atomic E-state index is -0.141. The third kappa shape index (κ3) is 2.38. The number of benzene rings is 1. The topological polar surface area (TPSA) is 50.1 Å². The monoisotopic (exact) mass is 273 g/mol. The molecule has 2 aromatic rings. The van der Waals surface area contributed by atoms with Gasteiger partial charge in [-0.2, -0.15) is 9.78 Å². The van der Waals surface area contributed by atoms with Crippen LogP contribution in [0.1, 0.15) is 32.1 Å². The minimum Gasteiger partial charge on any atom is -0.330 e. The quantitative estimate of drug-likeness (QED) is 0.811. The fourth-order valence-electron chi connectivity index (χ4n) is 2.45. The van der Waals surface area contributed by atoms with Gasteiger partial charge in [-0.1, -0.05) is 18.6 Å². The molecule has 0 aliphatic heterocycles. The number of nitrogens with one attached hydrogen (secondary N) is 1. The van der Waals surface area contributed by atoms with Gasteiger partial charge in [-0.05, 0) is 50.0 Å². The zero-order valence-corrected chi connectivity index (χ0v) is 11.4. The molecule has 1 fully saturated rings. The highest BCUT2D eigenvalue weighted by molar-refractivity contribution is 7.71. The van der Waals surface area contributed by atoms with Crippen LogP contribution in [0.25, 0.3) is 10.9 Å². The lowest BCUT2D eigenvalue weighted by Gasteiger charge is -2.12. The van der Waals surface area contributed by atoms with Crippen molar-refractivity contribution in [1.29, 1.82) is 0 Å². The number of nitrogens with zero attached hydrogens (tertiary/aromatic N) is 2. The number of aromatic amines is 1. The van der Waals surface area contributed by atoms with Crippen molar-refractivity contribution in [1.82, 2.24) is 9.66 Å². The Balaban J connectivity index is 2.18. The van der Waals surface area contributed by atoms with Gasteiger partial charge in [-0.25, -0.2) is 0 Å². The van der Waals surface area contributed by atoms with Crippen LogP contribution in [0.4, 0.5) is 0 Å². The normalized spacial score (nSPS) is 15.7. The van der Waals surface area contributed by atoms with Crippen LogP contribution in [0.5, 0.6) is 0 Å². The third-order valence-electron chi connectivity index (χ3n) is 3.46. The summed E-state index contributed by atoms with van der Waals surface area (Å²) in [6, 6.07) is 7.37. The Morgan fingerprint density at radius 3 is 2.68 bits per heavy atom. The summed E-state index contributed by atoms with van der Waals surface area (Å²) in [7, 11) is 0. The summed E-state index contributed by atoms with van der Waals surface area (Å²) >= 11 is 5.24. The molecule has 0 radical (unpaired) electrons. The SMILES string of the molecule is O=c1c2ccccc2[nH]c(=S)n1N=C1CCCCC1. The Labute approximate surface area is 115 Å². The van der Waals surface area contributed by atoms with E-state index in [1.165, 1.54) is 11.1 Å². The van der Waals surface area contributed by atoms with E-state index in [1.807, 2.05) is 18.2 Å². The first-order chi connectivity index (χ1) is 9.25. The largest absolute Gasteiger partial charge is 0.330 e. The van der Waals surface area contributed by atoms with Crippen LogP contribution in [0.2, 0.25) is 0 Å². The molecule has 0 bridgehead atoms. The molecule has 0 spiro atoms. The van der Waals surface area contributed by atoms with Crippen LogP contribution in [0.3, 0.4) is 0 Å². The molecule has 3 rings (SSSR count). The average Bonchev–Trinajstić information content (AvgIpc) is 2.45. The summed E-state index contributed by atoms with van der Waals surface area (Å²) in [5, 5.41) is 5.07. The maximum Gasteiger partial charge on any atom is 0.282 e. The van der Waals surface area contributed by atoms with Gasteiger partial charge in [0, 0.05) is 5.71 Å². The Kier molecular flexibility index (Phi) is 3.29. The standard InChI is InChI=1S/C14H15N3OS/c18-13-11-8-4-5-9-12(11)15-14(19)17(13)16-10-6-2-1-3-7-10/h4-5,8-9H,1-3,6-7H2,(H,15,19). The summed E-state index contributed by atoms with van der Waals surface area (Å²) in [4.78, 5) is 15.5. The Hall–Kier alpha value is -1.75. The number of para-hydroxylation sites is 1. The molecule has 1 aliphatic rings. The zero-order valence-electron chi connectivity index (χ0n) is 10.6. The molecular weight excluding hydrogens is 258 g/mol.